The van der Waals surface area contributed by atoms with Gasteiger partial charge in [-0.3, -0.25) is 0 Å². The van der Waals surface area contributed by atoms with Gasteiger partial charge in [-0.05, 0) is 17.7 Å². The van der Waals surface area contributed by atoms with Crippen LogP contribution in [0.25, 0.3) is 0 Å². The molecule has 1 aromatic carbocycles. The van der Waals surface area contributed by atoms with Gasteiger partial charge in [0, 0.05) is 11.5 Å². The van der Waals surface area contributed by atoms with Crippen LogP contribution >= 0.6 is 11.8 Å². The van der Waals surface area contributed by atoms with E-state index in [-0.39, 0.29) is 6.61 Å². The molecule has 1 aromatic rings. The molecule has 0 aromatic heterocycles. The molecule has 14 heavy (non-hydrogen) atoms. The zero-order valence-electron chi connectivity index (χ0n) is 7.53. The summed E-state index contributed by atoms with van der Waals surface area (Å²) in [7, 11) is 0. The molecule has 1 rings (SSSR count). The summed E-state index contributed by atoms with van der Waals surface area (Å²) in [6.45, 7) is 0.119. The molecular weight excluding hydrogens is 201 g/mol. The van der Waals surface area contributed by atoms with Crippen LogP contribution in [0.5, 0.6) is 0 Å². The predicted molar refractivity (Wildman–Crippen MR) is 54.4 cm³/mol. The lowest BCUT2D eigenvalue weighted by Crippen LogP contribution is -1.92. The Balaban J connectivity index is 2.72. The van der Waals surface area contributed by atoms with Crippen molar-refractivity contribution in [1.29, 1.82) is 5.26 Å². The largest absolute Gasteiger partial charge is 0.396 e. The van der Waals surface area contributed by atoms with E-state index in [4.69, 9.17) is 10.4 Å². The maximum absolute atomic E-state index is 12.7. The van der Waals surface area contributed by atoms with Crippen molar-refractivity contribution in [2.24, 2.45) is 0 Å². The van der Waals surface area contributed by atoms with Crippen LogP contribution in [0.4, 0.5) is 4.39 Å². The second kappa shape index (κ2) is 5.63. The number of rotatable bonds is 4. The molecule has 2 nitrogen and oxygen atoms in total. The molecule has 0 atom stereocenters. The SMILES string of the molecule is N#Cc1cc(F)ccc1CSCCO. The molecule has 0 spiro atoms. The molecule has 0 aliphatic heterocycles. The number of halogens is 1. The topological polar surface area (TPSA) is 44.0 Å². The van der Waals surface area contributed by atoms with Gasteiger partial charge in [-0.1, -0.05) is 6.07 Å². The molecule has 0 aliphatic carbocycles. The van der Waals surface area contributed by atoms with Crippen LogP contribution in [0.15, 0.2) is 18.2 Å². The van der Waals surface area contributed by atoms with Gasteiger partial charge in [-0.25, -0.2) is 4.39 Å². The second-order valence-electron chi connectivity index (χ2n) is 2.69. The van der Waals surface area contributed by atoms with Crippen molar-refractivity contribution in [3.05, 3.63) is 35.1 Å². The molecule has 4 heteroatoms. The van der Waals surface area contributed by atoms with Crippen LogP contribution in [0.3, 0.4) is 0 Å². The number of hydrogen-bond donors (Lipinski definition) is 1. The average molecular weight is 211 g/mol. The smallest absolute Gasteiger partial charge is 0.124 e. The summed E-state index contributed by atoms with van der Waals surface area (Å²) in [5.74, 6) is 0.865. The number of nitriles is 1. The van der Waals surface area contributed by atoms with Crippen LogP contribution < -0.4 is 0 Å². The highest BCUT2D eigenvalue weighted by Gasteiger charge is 2.03. The summed E-state index contributed by atoms with van der Waals surface area (Å²) < 4.78 is 12.7. The highest BCUT2D eigenvalue weighted by Crippen LogP contribution is 2.16. The summed E-state index contributed by atoms with van der Waals surface area (Å²) in [5, 5.41) is 17.3. The Morgan fingerprint density at radius 1 is 1.50 bits per heavy atom. The molecule has 0 radical (unpaired) electrons. The lowest BCUT2D eigenvalue weighted by molar-refractivity contribution is 0.322. The number of thioether (sulfide) groups is 1. The lowest BCUT2D eigenvalue weighted by Gasteiger charge is -2.02. The van der Waals surface area contributed by atoms with E-state index in [9.17, 15) is 4.39 Å². The van der Waals surface area contributed by atoms with Gasteiger partial charge < -0.3 is 5.11 Å². The summed E-state index contributed by atoms with van der Waals surface area (Å²) in [4.78, 5) is 0. The summed E-state index contributed by atoms with van der Waals surface area (Å²) in [6.07, 6.45) is 0. The molecule has 0 saturated carbocycles. The Kier molecular flexibility index (Phi) is 4.44. The van der Waals surface area contributed by atoms with Crippen molar-refractivity contribution in [1.82, 2.24) is 0 Å². The quantitative estimate of drug-likeness (QED) is 0.774. The molecular formula is C10H10FNOS. The molecule has 0 amide bonds. The fourth-order valence-corrected chi connectivity index (χ4v) is 1.77. The third kappa shape index (κ3) is 3.02. The maximum atomic E-state index is 12.7. The fourth-order valence-electron chi connectivity index (χ4n) is 1.03. The first-order chi connectivity index (χ1) is 6.77. The summed E-state index contributed by atoms with van der Waals surface area (Å²) in [6, 6.07) is 6.13. The first-order valence-electron chi connectivity index (χ1n) is 4.15. The molecule has 0 heterocycles. The van der Waals surface area contributed by atoms with Crippen LogP contribution in [-0.2, 0) is 5.75 Å². The minimum Gasteiger partial charge on any atom is -0.396 e. The van der Waals surface area contributed by atoms with Crippen LogP contribution in [-0.4, -0.2) is 17.5 Å². The van der Waals surface area contributed by atoms with Crippen molar-refractivity contribution < 1.29 is 9.50 Å². The Bertz CT molecular complexity index is 348. The van der Waals surface area contributed by atoms with Gasteiger partial charge in [0.05, 0.1) is 18.2 Å². The minimum absolute atomic E-state index is 0.119. The average Bonchev–Trinajstić information content (AvgIpc) is 2.20. The second-order valence-corrected chi connectivity index (χ2v) is 3.79. The summed E-state index contributed by atoms with van der Waals surface area (Å²) in [5.41, 5.74) is 1.18. The van der Waals surface area contributed by atoms with E-state index in [1.54, 1.807) is 6.07 Å². The fraction of sp³-hybridized carbons (Fsp3) is 0.300. The first-order valence-corrected chi connectivity index (χ1v) is 5.30. The van der Waals surface area contributed by atoms with Gasteiger partial charge in [0.2, 0.25) is 0 Å². The molecule has 0 fully saturated rings. The Hall–Kier alpha value is -1.05. The monoisotopic (exact) mass is 211 g/mol. The summed E-state index contributed by atoms with van der Waals surface area (Å²) >= 11 is 1.52. The van der Waals surface area contributed by atoms with E-state index in [1.807, 2.05) is 6.07 Å². The minimum atomic E-state index is -0.391. The van der Waals surface area contributed by atoms with E-state index < -0.39 is 5.82 Å². The molecule has 0 aliphatic rings. The Morgan fingerprint density at radius 3 is 2.93 bits per heavy atom. The molecule has 1 N–H and O–H groups in total. The highest BCUT2D eigenvalue weighted by molar-refractivity contribution is 7.98. The zero-order chi connectivity index (χ0) is 10.4. The van der Waals surface area contributed by atoms with Crippen LogP contribution in [0, 0.1) is 17.1 Å². The Labute approximate surface area is 86.4 Å². The van der Waals surface area contributed by atoms with Crippen molar-refractivity contribution in [3.63, 3.8) is 0 Å². The van der Waals surface area contributed by atoms with E-state index in [2.05, 4.69) is 0 Å². The zero-order valence-corrected chi connectivity index (χ0v) is 8.35. The van der Waals surface area contributed by atoms with Gasteiger partial charge >= 0.3 is 0 Å². The number of nitrogens with zero attached hydrogens (tertiary/aromatic N) is 1. The molecule has 0 saturated heterocycles. The highest BCUT2D eigenvalue weighted by atomic mass is 32.2. The molecule has 0 unspecified atom stereocenters. The van der Waals surface area contributed by atoms with Gasteiger partial charge in [0.15, 0.2) is 0 Å². The normalized spacial score (nSPS) is 9.79. The first kappa shape index (κ1) is 11.0. The number of benzene rings is 1. The lowest BCUT2D eigenvalue weighted by atomic mass is 10.1. The van der Waals surface area contributed by atoms with Crippen molar-refractivity contribution >= 4 is 11.8 Å². The molecule has 74 valence electrons. The van der Waals surface area contributed by atoms with E-state index >= 15 is 0 Å². The standard InChI is InChI=1S/C10H10FNOS/c11-10-2-1-8(7-14-4-3-13)9(5-10)6-12/h1-2,5,13H,3-4,7H2. The van der Waals surface area contributed by atoms with Crippen molar-refractivity contribution in [2.45, 2.75) is 5.75 Å². The van der Waals surface area contributed by atoms with Crippen LogP contribution in [0.1, 0.15) is 11.1 Å². The van der Waals surface area contributed by atoms with E-state index in [0.29, 0.717) is 17.1 Å². The van der Waals surface area contributed by atoms with E-state index in [1.165, 1.54) is 23.9 Å². The van der Waals surface area contributed by atoms with Crippen molar-refractivity contribution in [2.75, 3.05) is 12.4 Å². The third-order valence-electron chi connectivity index (χ3n) is 1.69. The predicted octanol–water partition coefficient (Wildman–Crippen LogP) is 1.92. The van der Waals surface area contributed by atoms with E-state index in [0.717, 1.165) is 5.56 Å². The maximum Gasteiger partial charge on any atom is 0.124 e. The van der Waals surface area contributed by atoms with Gasteiger partial charge in [-0.15, -0.1) is 0 Å². The number of aliphatic hydroxyl groups excluding tert-OH is 1. The third-order valence-corrected chi connectivity index (χ3v) is 2.67. The van der Waals surface area contributed by atoms with Crippen molar-refractivity contribution in [3.8, 4) is 6.07 Å². The molecule has 0 bridgehead atoms. The van der Waals surface area contributed by atoms with Gasteiger partial charge in [0.25, 0.3) is 0 Å². The number of hydrogen-bond acceptors (Lipinski definition) is 3. The van der Waals surface area contributed by atoms with Gasteiger partial charge in [0.1, 0.15) is 5.82 Å². The van der Waals surface area contributed by atoms with Gasteiger partial charge in [-0.2, -0.15) is 17.0 Å². The Morgan fingerprint density at radius 2 is 2.29 bits per heavy atom. The number of aliphatic hydroxyl groups is 1. The van der Waals surface area contributed by atoms with Crippen LogP contribution in [0.2, 0.25) is 0 Å².